The topological polar surface area (TPSA) is 83.6 Å². The summed E-state index contributed by atoms with van der Waals surface area (Å²) in [7, 11) is 0. The van der Waals surface area contributed by atoms with E-state index >= 15 is 0 Å². The molecule has 0 saturated carbocycles. The summed E-state index contributed by atoms with van der Waals surface area (Å²) in [5.41, 5.74) is 5.61. The smallest absolute Gasteiger partial charge is 0.326 e. The van der Waals surface area contributed by atoms with Crippen molar-refractivity contribution < 1.29 is 14.7 Å². The van der Waals surface area contributed by atoms with Crippen molar-refractivity contribution in [2.24, 2.45) is 17.6 Å². The molecule has 116 valence electrons. The standard InChI is InChI=1S/C15H28N2O3/c1-11(2)12(8-9-16)6-7-14(18)17-10-4-3-5-13(17)15(19)20/h11-13H,3-10,16H2,1-2H3,(H,19,20)/t12?,13-/m1/s1. The van der Waals surface area contributed by atoms with Gasteiger partial charge in [0.15, 0.2) is 0 Å². The van der Waals surface area contributed by atoms with Gasteiger partial charge in [0, 0.05) is 13.0 Å². The number of carboxylic acid groups (broad SMARTS) is 1. The maximum atomic E-state index is 12.3. The van der Waals surface area contributed by atoms with Crippen LogP contribution in [-0.2, 0) is 9.59 Å². The quantitative estimate of drug-likeness (QED) is 0.747. The fourth-order valence-electron chi connectivity index (χ4n) is 2.96. The molecule has 3 N–H and O–H groups in total. The molecule has 1 saturated heterocycles. The number of aliphatic carboxylic acids is 1. The van der Waals surface area contributed by atoms with Gasteiger partial charge in [-0.15, -0.1) is 0 Å². The Hall–Kier alpha value is -1.10. The van der Waals surface area contributed by atoms with E-state index in [0.29, 0.717) is 37.8 Å². The minimum absolute atomic E-state index is 0.0141. The zero-order valence-electron chi connectivity index (χ0n) is 12.7. The minimum atomic E-state index is -0.875. The van der Waals surface area contributed by atoms with Gasteiger partial charge in [0.05, 0.1) is 0 Å². The number of carbonyl (C=O) groups excluding carboxylic acids is 1. The molecular weight excluding hydrogens is 256 g/mol. The zero-order valence-corrected chi connectivity index (χ0v) is 12.7. The van der Waals surface area contributed by atoms with E-state index in [2.05, 4.69) is 13.8 Å². The number of nitrogens with two attached hydrogens (primary N) is 1. The maximum absolute atomic E-state index is 12.3. The first-order chi connectivity index (χ1) is 9.47. The van der Waals surface area contributed by atoms with Crippen molar-refractivity contribution in [1.29, 1.82) is 0 Å². The number of nitrogens with zero attached hydrogens (tertiary/aromatic N) is 1. The van der Waals surface area contributed by atoms with Crippen LogP contribution in [-0.4, -0.2) is 41.0 Å². The highest BCUT2D eigenvalue weighted by molar-refractivity contribution is 5.83. The largest absolute Gasteiger partial charge is 0.480 e. The molecule has 5 heteroatoms. The second-order valence-corrected chi connectivity index (χ2v) is 6.06. The van der Waals surface area contributed by atoms with Crippen molar-refractivity contribution in [2.45, 2.75) is 58.4 Å². The van der Waals surface area contributed by atoms with Gasteiger partial charge in [0.25, 0.3) is 0 Å². The third kappa shape index (κ3) is 4.78. The summed E-state index contributed by atoms with van der Waals surface area (Å²) in [4.78, 5) is 25.0. The van der Waals surface area contributed by atoms with E-state index < -0.39 is 12.0 Å². The molecule has 1 rings (SSSR count). The first-order valence-corrected chi connectivity index (χ1v) is 7.69. The normalized spacial score (nSPS) is 21.0. The molecule has 0 spiro atoms. The van der Waals surface area contributed by atoms with Gasteiger partial charge in [0.1, 0.15) is 6.04 Å². The van der Waals surface area contributed by atoms with Crippen LogP contribution in [0.25, 0.3) is 0 Å². The fourth-order valence-corrected chi connectivity index (χ4v) is 2.96. The van der Waals surface area contributed by atoms with Gasteiger partial charge in [-0.3, -0.25) is 4.79 Å². The lowest BCUT2D eigenvalue weighted by Gasteiger charge is -2.33. The monoisotopic (exact) mass is 284 g/mol. The number of carboxylic acids is 1. The Morgan fingerprint density at radius 2 is 2.00 bits per heavy atom. The fraction of sp³-hybridized carbons (Fsp3) is 0.867. The predicted octanol–water partition coefficient (Wildman–Crippen LogP) is 1.85. The maximum Gasteiger partial charge on any atom is 0.326 e. The number of amides is 1. The van der Waals surface area contributed by atoms with Crippen molar-refractivity contribution in [3.63, 3.8) is 0 Å². The van der Waals surface area contributed by atoms with Crippen LogP contribution < -0.4 is 5.73 Å². The van der Waals surface area contributed by atoms with Crippen molar-refractivity contribution in [3.8, 4) is 0 Å². The number of hydrogen-bond donors (Lipinski definition) is 2. The number of hydrogen-bond acceptors (Lipinski definition) is 3. The lowest BCUT2D eigenvalue weighted by Crippen LogP contribution is -2.48. The second-order valence-electron chi connectivity index (χ2n) is 6.06. The molecular formula is C15H28N2O3. The van der Waals surface area contributed by atoms with Crippen LogP contribution in [0.2, 0.25) is 0 Å². The Balaban J connectivity index is 2.53. The number of piperidine rings is 1. The number of rotatable bonds is 7. The van der Waals surface area contributed by atoms with Crippen LogP contribution in [0.4, 0.5) is 0 Å². The van der Waals surface area contributed by atoms with Crippen molar-refractivity contribution in [1.82, 2.24) is 4.90 Å². The molecule has 2 atom stereocenters. The molecule has 0 radical (unpaired) electrons. The highest BCUT2D eigenvalue weighted by Crippen LogP contribution is 2.23. The average molecular weight is 284 g/mol. The molecule has 20 heavy (non-hydrogen) atoms. The Morgan fingerprint density at radius 3 is 2.55 bits per heavy atom. The van der Waals surface area contributed by atoms with Crippen LogP contribution >= 0.6 is 0 Å². The van der Waals surface area contributed by atoms with E-state index in [0.717, 1.165) is 25.7 Å². The summed E-state index contributed by atoms with van der Waals surface area (Å²) in [6, 6.07) is -0.622. The minimum Gasteiger partial charge on any atom is -0.480 e. The van der Waals surface area contributed by atoms with Crippen LogP contribution in [0.3, 0.4) is 0 Å². The third-order valence-corrected chi connectivity index (χ3v) is 4.32. The van der Waals surface area contributed by atoms with Gasteiger partial charge < -0.3 is 15.7 Å². The molecule has 5 nitrogen and oxygen atoms in total. The highest BCUT2D eigenvalue weighted by Gasteiger charge is 2.31. The van der Waals surface area contributed by atoms with Crippen LogP contribution in [0, 0.1) is 11.8 Å². The van der Waals surface area contributed by atoms with Gasteiger partial charge in [-0.05, 0) is 50.5 Å². The van der Waals surface area contributed by atoms with E-state index in [1.807, 2.05) is 0 Å². The van der Waals surface area contributed by atoms with Crippen LogP contribution in [0.15, 0.2) is 0 Å². The Morgan fingerprint density at radius 1 is 1.30 bits per heavy atom. The van der Waals surface area contributed by atoms with Crippen LogP contribution in [0.1, 0.15) is 52.4 Å². The van der Waals surface area contributed by atoms with Gasteiger partial charge in [-0.25, -0.2) is 4.79 Å². The Bertz CT molecular complexity index is 331. The first kappa shape index (κ1) is 17.0. The summed E-state index contributed by atoms with van der Waals surface area (Å²) < 4.78 is 0. The van der Waals surface area contributed by atoms with Gasteiger partial charge in [0.2, 0.25) is 5.91 Å². The highest BCUT2D eigenvalue weighted by atomic mass is 16.4. The molecule has 1 unspecified atom stereocenters. The summed E-state index contributed by atoms with van der Waals surface area (Å²) >= 11 is 0. The van der Waals surface area contributed by atoms with E-state index in [-0.39, 0.29) is 5.91 Å². The molecule has 0 aliphatic carbocycles. The van der Waals surface area contributed by atoms with E-state index in [1.54, 1.807) is 4.90 Å². The van der Waals surface area contributed by atoms with Crippen molar-refractivity contribution in [2.75, 3.05) is 13.1 Å². The molecule has 0 aromatic carbocycles. The predicted molar refractivity (Wildman–Crippen MR) is 78.2 cm³/mol. The molecule has 0 bridgehead atoms. The van der Waals surface area contributed by atoms with Crippen LogP contribution in [0.5, 0.6) is 0 Å². The van der Waals surface area contributed by atoms with Crippen molar-refractivity contribution in [3.05, 3.63) is 0 Å². The Labute approximate surface area is 121 Å². The van der Waals surface area contributed by atoms with E-state index in [9.17, 15) is 14.7 Å². The zero-order chi connectivity index (χ0) is 15.1. The molecule has 0 aromatic heterocycles. The van der Waals surface area contributed by atoms with E-state index in [1.165, 1.54) is 0 Å². The average Bonchev–Trinajstić information content (AvgIpc) is 2.42. The third-order valence-electron chi connectivity index (χ3n) is 4.32. The van der Waals surface area contributed by atoms with Gasteiger partial charge >= 0.3 is 5.97 Å². The number of carbonyl (C=O) groups is 2. The second kappa shape index (κ2) is 8.25. The molecule has 1 amide bonds. The molecule has 1 aliphatic heterocycles. The summed E-state index contributed by atoms with van der Waals surface area (Å²) in [6.07, 6.45) is 4.54. The first-order valence-electron chi connectivity index (χ1n) is 7.69. The van der Waals surface area contributed by atoms with Gasteiger partial charge in [-0.2, -0.15) is 0 Å². The molecule has 1 aliphatic rings. The van der Waals surface area contributed by atoms with Gasteiger partial charge in [-0.1, -0.05) is 13.8 Å². The molecule has 1 heterocycles. The molecule has 1 fully saturated rings. The summed E-state index contributed by atoms with van der Waals surface area (Å²) in [6.45, 7) is 5.51. The number of likely N-dealkylation sites (tertiary alicyclic amines) is 1. The summed E-state index contributed by atoms with van der Waals surface area (Å²) in [5.74, 6) is 0.0557. The van der Waals surface area contributed by atoms with E-state index in [4.69, 9.17) is 5.73 Å². The van der Waals surface area contributed by atoms with Crippen molar-refractivity contribution >= 4 is 11.9 Å². The summed E-state index contributed by atoms with van der Waals surface area (Å²) in [5, 5.41) is 9.20. The lowest BCUT2D eigenvalue weighted by atomic mass is 9.88. The Kier molecular flexibility index (Phi) is 6.99. The lowest BCUT2D eigenvalue weighted by molar-refractivity contribution is -0.152. The molecule has 0 aromatic rings. The SMILES string of the molecule is CC(C)C(CCN)CCC(=O)N1CCCC[C@@H]1C(=O)O.